The molecule has 0 spiro atoms. The Labute approximate surface area is 204 Å². The van der Waals surface area contributed by atoms with Gasteiger partial charge in [-0.1, -0.05) is 48.5 Å². The molecule has 0 radical (unpaired) electrons. The topological polar surface area (TPSA) is 46.8 Å². The zero-order chi connectivity index (χ0) is 23.5. The van der Waals surface area contributed by atoms with E-state index in [0.717, 1.165) is 48.7 Å². The van der Waals surface area contributed by atoms with E-state index in [4.69, 9.17) is 9.73 Å². The molecule has 3 heterocycles. The van der Waals surface area contributed by atoms with Gasteiger partial charge in [0, 0.05) is 59.9 Å². The Balaban J connectivity index is 1.47. The second-order valence-electron chi connectivity index (χ2n) is 8.50. The Morgan fingerprint density at radius 1 is 1.12 bits per heavy atom. The molecule has 0 unspecified atom stereocenters. The van der Waals surface area contributed by atoms with Gasteiger partial charge in [-0.25, -0.2) is 9.79 Å². The lowest BCUT2D eigenvalue weighted by atomic mass is 10.0. The molecule has 4 aromatic rings. The summed E-state index contributed by atoms with van der Waals surface area (Å²) in [6, 6.07) is 18.9. The Kier molecular flexibility index (Phi) is 6.61. The third-order valence-corrected chi connectivity index (χ3v) is 7.45. The van der Waals surface area contributed by atoms with E-state index in [1.54, 1.807) is 11.3 Å². The van der Waals surface area contributed by atoms with Crippen LogP contribution in [-0.2, 0) is 30.8 Å². The maximum absolute atomic E-state index is 12.9. The Hall–Kier alpha value is -3.22. The summed E-state index contributed by atoms with van der Waals surface area (Å²) in [6.45, 7) is 7.89. The number of rotatable bonds is 7. The van der Waals surface area contributed by atoms with Crippen molar-refractivity contribution in [1.29, 1.82) is 0 Å². The van der Waals surface area contributed by atoms with E-state index in [9.17, 15) is 4.79 Å². The quantitative estimate of drug-likeness (QED) is 0.238. The first-order valence-electron chi connectivity index (χ1n) is 11.9. The summed E-state index contributed by atoms with van der Waals surface area (Å²) < 4.78 is 7.66. The fraction of sp³-hybridized carbons (Fsp3) is 0.286. The van der Waals surface area contributed by atoms with Crippen molar-refractivity contribution in [3.05, 3.63) is 87.9 Å². The molecule has 0 bridgehead atoms. The van der Waals surface area contributed by atoms with Gasteiger partial charge in [0.2, 0.25) is 0 Å². The van der Waals surface area contributed by atoms with Crippen molar-refractivity contribution in [2.24, 2.45) is 4.99 Å². The number of aromatic nitrogens is 1. The van der Waals surface area contributed by atoms with Crippen LogP contribution in [0, 0.1) is 0 Å². The molecule has 2 aromatic carbocycles. The summed E-state index contributed by atoms with van der Waals surface area (Å²) >= 11 is 1.62. The van der Waals surface area contributed by atoms with Crippen LogP contribution in [-0.4, -0.2) is 34.8 Å². The number of aryl methyl sites for hydroxylation is 1. The molecular weight excluding hydrogens is 442 g/mol. The number of carbonyl (C=O) groups excluding carboxylic acids is 1. The number of ether oxygens (including phenoxy) is 1. The second-order valence-corrected chi connectivity index (χ2v) is 9.58. The maximum Gasteiger partial charge on any atom is 0.341 e. The smallest absolute Gasteiger partial charge is 0.341 e. The standard InChI is InChI=1S/C28H29N3O2S/c1-3-31-18-21(22-12-8-9-13-24(22)31)16-29-27-26(28(32)33-4-2)23-14-15-30(19-25(23)34-27)17-20-10-6-5-7-11-20/h5-13,16,18H,3-4,14-15,17,19H2,1-2H3. The molecular formula is C28H29N3O2S. The number of nitrogens with zero attached hydrogens (tertiary/aromatic N) is 3. The van der Waals surface area contributed by atoms with Crippen molar-refractivity contribution in [2.75, 3.05) is 13.2 Å². The van der Waals surface area contributed by atoms with Gasteiger partial charge in [0.05, 0.1) is 12.2 Å². The highest BCUT2D eigenvalue weighted by molar-refractivity contribution is 7.16. The molecule has 0 saturated heterocycles. The van der Waals surface area contributed by atoms with Crippen LogP contribution >= 0.6 is 11.3 Å². The van der Waals surface area contributed by atoms with Crippen molar-refractivity contribution < 1.29 is 9.53 Å². The van der Waals surface area contributed by atoms with Gasteiger partial charge in [-0.15, -0.1) is 11.3 Å². The van der Waals surface area contributed by atoms with E-state index in [1.807, 2.05) is 19.2 Å². The minimum atomic E-state index is -0.264. The number of hydrogen-bond acceptors (Lipinski definition) is 5. The number of carbonyl (C=O) groups is 1. The summed E-state index contributed by atoms with van der Waals surface area (Å²) in [5.41, 5.74) is 5.31. The van der Waals surface area contributed by atoms with Crippen LogP contribution in [0.1, 0.15) is 45.8 Å². The SMILES string of the molecule is CCOC(=O)c1c(N=Cc2cn(CC)c3ccccc23)sc2c1CCN(Cc1ccccc1)C2. The van der Waals surface area contributed by atoms with Crippen molar-refractivity contribution in [3.63, 3.8) is 0 Å². The average Bonchev–Trinajstić information content (AvgIpc) is 3.41. The third-order valence-electron chi connectivity index (χ3n) is 6.33. The van der Waals surface area contributed by atoms with Crippen LogP contribution in [0.2, 0.25) is 0 Å². The van der Waals surface area contributed by atoms with Gasteiger partial charge in [0.1, 0.15) is 5.00 Å². The maximum atomic E-state index is 12.9. The normalized spacial score (nSPS) is 14.1. The van der Waals surface area contributed by atoms with Gasteiger partial charge in [-0.3, -0.25) is 4.90 Å². The number of benzene rings is 2. The molecule has 0 saturated carbocycles. The molecule has 5 nitrogen and oxygen atoms in total. The Morgan fingerprint density at radius 2 is 1.91 bits per heavy atom. The molecule has 5 rings (SSSR count). The first-order valence-corrected chi connectivity index (χ1v) is 12.7. The van der Waals surface area contributed by atoms with Crippen molar-refractivity contribution in [2.45, 2.75) is 39.9 Å². The fourth-order valence-electron chi connectivity index (χ4n) is 4.69. The monoisotopic (exact) mass is 471 g/mol. The van der Waals surface area contributed by atoms with Crippen molar-refractivity contribution >= 4 is 39.4 Å². The molecule has 1 aliphatic rings. The van der Waals surface area contributed by atoms with Crippen molar-refractivity contribution in [3.8, 4) is 0 Å². The van der Waals surface area contributed by atoms with Gasteiger partial charge < -0.3 is 9.30 Å². The molecule has 2 aromatic heterocycles. The van der Waals surface area contributed by atoms with Crippen LogP contribution in [0.25, 0.3) is 10.9 Å². The van der Waals surface area contributed by atoms with E-state index < -0.39 is 0 Å². The first-order chi connectivity index (χ1) is 16.7. The summed E-state index contributed by atoms with van der Waals surface area (Å²) in [6.07, 6.45) is 4.86. The third kappa shape index (κ3) is 4.43. The largest absolute Gasteiger partial charge is 0.462 e. The van der Waals surface area contributed by atoms with Gasteiger partial charge in [0.15, 0.2) is 0 Å². The predicted octanol–water partition coefficient (Wildman–Crippen LogP) is 6.21. The van der Waals surface area contributed by atoms with Gasteiger partial charge >= 0.3 is 5.97 Å². The van der Waals surface area contributed by atoms with Gasteiger partial charge in [0.25, 0.3) is 0 Å². The highest BCUT2D eigenvalue weighted by atomic mass is 32.1. The minimum absolute atomic E-state index is 0.264. The second kappa shape index (κ2) is 9.95. The number of aliphatic imine (C=N–C) groups is 1. The molecule has 6 heteroatoms. The highest BCUT2D eigenvalue weighted by Gasteiger charge is 2.28. The molecule has 0 amide bonds. The van der Waals surface area contributed by atoms with Crippen LogP contribution in [0.15, 0.2) is 65.8 Å². The van der Waals surface area contributed by atoms with Crippen LogP contribution in [0.3, 0.4) is 0 Å². The first kappa shape index (κ1) is 22.6. The molecule has 0 fully saturated rings. The average molecular weight is 472 g/mol. The van der Waals surface area contributed by atoms with Crippen LogP contribution in [0.4, 0.5) is 5.00 Å². The highest BCUT2D eigenvalue weighted by Crippen LogP contribution is 2.40. The number of para-hydroxylation sites is 1. The summed E-state index contributed by atoms with van der Waals surface area (Å²) in [7, 11) is 0. The van der Waals surface area contributed by atoms with E-state index in [-0.39, 0.29) is 5.97 Å². The summed E-state index contributed by atoms with van der Waals surface area (Å²) in [5, 5.41) is 1.92. The fourth-order valence-corrected chi connectivity index (χ4v) is 5.91. The van der Waals surface area contributed by atoms with E-state index >= 15 is 0 Å². The van der Waals surface area contributed by atoms with E-state index in [0.29, 0.717) is 12.2 Å². The molecule has 34 heavy (non-hydrogen) atoms. The number of fused-ring (bicyclic) bond motifs is 2. The summed E-state index contributed by atoms with van der Waals surface area (Å²) in [5.74, 6) is -0.264. The van der Waals surface area contributed by atoms with Gasteiger partial charge in [-0.2, -0.15) is 0 Å². The molecule has 0 atom stereocenters. The minimum Gasteiger partial charge on any atom is -0.462 e. The lowest BCUT2D eigenvalue weighted by Crippen LogP contribution is -2.29. The van der Waals surface area contributed by atoms with E-state index in [2.05, 4.69) is 71.1 Å². The Bertz CT molecular complexity index is 1340. The number of hydrogen-bond donors (Lipinski definition) is 0. The molecule has 0 N–H and O–H groups in total. The summed E-state index contributed by atoms with van der Waals surface area (Å²) in [4.78, 5) is 21.4. The van der Waals surface area contributed by atoms with Crippen LogP contribution < -0.4 is 0 Å². The lowest BCUT2D eigenvalue weighted by Gasteiger charge is -2.27. The van der Waals surface area contributed by atoms with Gasteiger partial charge in [-0.05, 0) is 37.5 Å². The predicted molar refractivity (Wildman–Crippen MR) is 139 cm³/mol. The molecule has 0 aliphatic carbocycles. The molecule has 174 valence electrons. The zero-order valence-electron chi connectivity index (χ0n) is 19.7. The zero-order valence-corrected chi connectivity index (χ0v) is 20.5. The Morgan fingerprint density at radius 3 is 2.71 bits per heavy atom. The number of esters is 1. The van der Waals surface area contributed by atoms with Crippen molar-refractivity contribution in [1.82, 2.24) is 9.47 Å². The molecule has 1 aliphatic heterocycles. The van der Waals surface area contributed by atoms with E-state index in [1.165, 1.54) is 21.3 Å². The lowest BCUT2D eigenvalue weighted by molar-refractivity contribution is 0.0526. The number of thiophene rings is 1. The van der Waals surface area contributed by atoms with Crippen LogP contribution in [0.5, 0.6) is 0 Å².